The Morgan fingerprint density at radius 1 is 1.50 bits per heavy atom. The normalized spacial score (nSPS) is 12.6. The Labute approximate surface area is 91.5 Å². The summed E-state index contributed by atoms with van der Waals surface area (Å²) in [6.07, 6.45) is -0.578. The minimum absolute atomic E-state index is 0.0660. The summed E-state index contributed by atoms with van der Waals surface area (Å²) in [7, 11) is 0. The molecule has 0 aromatic heterocycles. The summed E-state index contributed by atoms with van der Waals surface area (Å²) in [5.74, 6) is 0.453. The van der Waals surface area contributed by atoms with Gasteiger partial charge in [-0.2, -0.15) is 0 Å². The van der Waals surface area contributed by atoms with Gasteiger partial charge in [0.05, 0.1) is 17.2 Å². The van der Waals surface area contributed by atoms with Crippen molar-refractivity contribution in [2.75, 3.05) is 6.61 Å². The maximum Gasteiger partial charge on any atom is 0.172 e. The second kappa shape index (κ2) is 4.66. The molecule has 0 heterocycles. The van der Waals surface area contributed by atoms with Crippen LogP contribution in [0.2, 0.25) is 0 Å². The number of hydrogen-bond acceptors (Lipinski definition) is 3. The molecule has 1 atom stereocenters. The largest absolute Gasteiger partial charge is 0.503 e. The van der Waals surface area contributed by atoms with Crippen LogP contribution in [0.5, 0.6) is 11.5 Å². The fourth-order valence-corrected chi connectivity index (χ4v) is 1.56. The van der Waals surface area contributed by atoms with E-state index in [0.29, 0.717) is 22.4 Å². The number of aromatic hydroxyl groups is 1. The lowest BCUT2D eigenvalue weighted by molar-refractivity contribution is 0.198. The molecule has 1 aromatic carbocycles. The van der Waals surface area contributed by atoms with Crippen molar-refractivity contribution in [3.8, 4) is 11.5 Å². The zero-order valence-corrected chi connectivity index (χ0v) is 9.71. The van der Waals surface area contributed by atoms with Gasteiger partial charge in [0.1, 0.15) is 0 Å². The van der Waals surface area contributed by atoms with Crippen molar-refractivity contribution in [2.45, 2.75) is 20.0 Å². The number of aliphatic hydroxyl groups is 1. The summed E-state index contributed by atoms with van der Waals surface area (Å²) < 4.78 is 5.74. The summed E-state index contributed by atoms with van der Waals surface area (Å²) >= 11 is 3.19. The lowest BCUT2D eigenvalue weighted by Gasteiger charge is -2.11. The van der Waals surface area contributed by atoms with Gasteiger partial charge in [-0.25, -0.2) is 0 Å². The van der Waals surface area contributed by atoms with Gasteiger partial charge >= 0.3 is 0 Å². The van der Waals surface area contributed by atoms with E-state index in [9.17, 15) is 10.2 Å². The highest BCUT2D eigenvalue weighted by atomic mass is 79.9. The zero-order valence-electron chi connectivity index (χ0n) is 8.12. The van der Waals surface area contributed by atoms with Crippen LogP contribution < -0.4 is 4.74 Å². The smallest absolute Gasteiger partial charge is 0.172 e. The van der Waals surface area contributed by atoms with Crippen LogP contribution in [0.3, 0.4) is 0 Å². The van der Waals surface area contributed by atoms with E-state index < -0.39 is 6.10 Å². The molecule has 1 aromatic rings. The molecule has 0 radical (unpaired) electrons. The van der Waals surface area contributed by atoms with Crippen LogP contribution in [-0.2, 0) is 0 Å². The Morgan fingerprint density at radius 2 is 2.14 bits per heavy atom. The summed E-state index contributed by atoms with van der Waals surface area (Å²) in [5.41, 5.74) is 0.707. The maximum atomic E-state index is 9.58. The number of ether oxygens (including phenoxy) is 1. The number of phenols is 1. The summed E-state index contributed by atoms with van der Waals surface area (Å²) in [6.45, 7) is 3.97. The van der Waals surface area contributed by atoms with Crippen LogP contribution in [0, 0.1) is 0 Å². The molecule has 4 heteroatoms. The predicted octanol–water partition coefficient (Wildman–Crippen LogP) is 2.61. The molecular weight excluding hydrogens is 248 g/mol. The van der Waals surface area contributed by atoms with E-state index in [1.165, 1.54) is 0 Å². The van der Waals surface area contributed by atoms with Gasteiger partial charge < -0.3 is 14.9 Å². The summed E-state index contributed by atoms with van der Waals surface area (Å²) in [6, 6.07) is 3.30. The zero-order chi connectivity index (χ0) is 10.7. The van der Waals surface area contributed by atoms with Crippen molar-refractivity contribution in [1.82, 2.24) is 0 Å². The van der Waals surface area contributed by atoms with Gasteiger partial charge in [-0.1, -0.05) is 0 Å². The van der Waals surface area contributed by atoms with Gasteiger partial charge in [0.2, 0.25) is 0 Å². The van der Waals surface area contributed by atoms with Crippen molar-refractivity contribution >= 4 is 15.9 Å². The quantitative estimate of drug-likeness (QED) is 0.879. The first-order chi connectivity index (χ1) is 6.56. The van der Waals surface area contributed by atoms with E-state index in [4.69, 9.17) is 4.74 Å². The van der Waals surface area contributed by atoms with E-state index >= 15 is 0 Å². The number of benzene rings is 1. The molecule has 14 heavy (non-hydrogen) atoms. The van der Waals surface area contributed by atoms with Crippen molar-refractivity contribution < 1.29 is 14.9 Å². The Kier molecular flexibility index (Phi) is 3.77. The first-order valence-corrected chi connectivity index (χ1v) is 5.18. The number of halogens is 1. The van der Waals surface area contributed by atoms with Crippen LogP contribution in [-0.4, -0.2) is 16.8 Å². The Balaban J connectivity index is 3.14. The first-order valence-electron chi connectivity index (χ1n) is 4.39. The van der Waals surface area contributed by atoms with Gasteiger partial charge in [0, 0.05) is 0 Å². The van der Waals surface area contributed by atoms with Crippen molar-refractivity contribution in [2.24, 2.45) is 0 Å². The van der Waals surface area contributed by atoms with E-state index in [2.05, 4.69) is 15.9 Å². The average molecular weight is 261 g/mol. The molecule has 0 aliphatic heterocycles. The lowest BCUT2D eigenvalue weighted by atomic mass is 10.1. The molecular formula is C10H13BrO3. The van der Waals surface area contributed by atoms with Crippen LogP contribution in [0.25, 0.3) is 0 Å². The molecule has 2 N–H and O–H groups in total. The molecule has 0 amide bonds. The lowest BCUT2D eigenvalue weighted by Crippen LogP contribution is -1.96. The Bertz CT molecular complexity index is 323. The third kappa shape index (κ3) is 2.39. The molecule has 0 saturated heterocycles. The fourth-order valence-electron chi connectivity index (χ4n) is 1.10. The molecule has 0 aliphatic carbocycles. The highest BCUT2D eigenvalue weighted by molar-refractivity contribution is 9.10. The highest BCUT2D eigenvalue weighted by Crippen LogP contribution is 2.36. The van der Waals surface area contributed by atoms with E-state index in [-0.39, 0.29) is 5.75 Å². The van der Waals surface area contributed by atoms with E-state index in [0.717, 1.165) is 0 Å². The van der Waals surface area contributed by atoms with Gasteiger partial charge in [0.25, 0.3) is 0 Å². The predicted molar refractivity (Wildman–Crippen MR) is 57.6 cm³/mol. The summed E-state index contributed by atoms with van der Waals surface area (Å²) in [5, 5.41) is 19.0. The van der Waals surface area contributed by atoms with Crippen molar-refractivity contribution in [3.05, 3.63) is 22.2 Å². The first kappa shape index (κ1) is 11.3. The molecule has 0 fully saturated rings. The molecule has 0 unspecified atom stereocenters. The van der Waals surface area contributed by atoms with Crippen molar-refractivity contribution in [3.63, 3.8) is 0 Å². The molecule has 0 spiro atoms. The average Bonchev–Trinajstić information content (AvgIpc) is 2.12. The highest BCUT2D eigenvalue weighted by Gasteiger charge is 2.11. The second-order valence-corrected chi connectivity index (χ2v) is 3.81. The number of aliphatic hydroxyl groups excluding tert-OH is 1. The van der Waals surface area contributed by atoms with Crippen LogP contribution in [0.4, 0.5) is 0 Å². The van der Waals surface area contributed by atoms with Crippen LogP contribution in [0.1, 0.15) is 25.5 Å². The SMILES string of the molecule is CCOc1cc([C@H](C)O)cc(Br)c1O. The van der Waals surface area contributed by atoms with Gasteiger partial charge in [-0.05, 0) is 47.5 Å². The molecule has 78 valence electrons. The molecule has 0 aliphatic rings. The standard InChI is InChI=1S/C10H13BrO3/c1-3-14-9-5-7(6(2)12)4-8(11)10(9)13/h4-6,12-13H,3H2,1-2H3/t6-/m0/s1. The third-order valence-corrected chi connectivity index (χ3v) is 2.44. The number of hydrogen-bond donors (Lipinski definition) is 2. The van der Waals surface area contributed by atoms with Gasteiger partial charge in [-0.15, -0.1) is 0 Å². The second-order valence-electron chi connectivity index (χ2n) is 2.96. The number of phenolic OH excluding ortho intramolecular Hbond substituents is 1. The molecule has 0 bridgehead atoms. The monoisotopic (exact) mass is 260 g/mol. The van der Waals surface area contributed by atoms with E-state index in [1.54, 1.807) is 19.1 Å². The van der Waals surface area contributed by atoms with Crippen LogP contribution in [0.15, 0.2) is 16.6 Å². The Morgan fingerprint density at radius 3 is 2.64 bits per heavy atom. The molecule has 3 nitrogen and oxygen atoms in total. The molecule has 1 rings (SSSR count). The fraction of sp³-hybridized carbons (Fsp3) is 0.400. The van der Waals surface area contributed by atoms with Crippen molar-refractivity contribution in [1.29, 1.82) is 0 Å². The third-order valence-electron chi connectivity index (χ3n) is 1.83. The summed E-state index contributed by atoms with van der Waals surface area (Å²) in [4.78, 5) is 0. The molecule has 0 saturated carbocycles. The maximum absolute atomic E-state index is 9.58. The van der Waals surface area contributed by atoms with Gasteiger partial charge in [0.15, 0.2) is 11.5 Å². The minimum atomic E-state index is -0.578. The minimum Gasteiger partial charge on any atom is -0.503 e. The topological polar surface area (TPSA) is 49.7 Å². The van der Waals surface area contributed by atoms with Crippen LogP contribution >= 0.6 is 15.9 Å². The Hall–Kier alpha value is -0.740. The number of rotatable bonds is 3. The van der Waals surface area contributed by atoms with E-state index in [1.807, 2.05) is 6.92 Å². The van der Waals surface area contributed by atoms with Gasteiger partial charge in [-0.3, -0.25) is 0 Å².